The molecule has 1 amide bonds. The number of amides is 1. The van der Waals surface area contributed by atoms with E-state index in [1.165, 1.54) is 0 Å². The van der Waals surface area contributed by atoms with Crippen LogP contribution in [-0.4, -0.2) is 56.6 Å². The van der Waals surface area contributed by atoms with Gasteiger partial charge in [0, 0.05) is 21.1 Å². The van der Waals surface area contributed by atoms with Crippen molar-refractivity contribution in [1.82, 2.24) is 10.6 Å². The van der Waals surface area contributed by atoms with Crippen LogP contribution in [0, 0.1) is 17.8 Å². The smallest absolute Gasteiger partial charge is 0.246 e. The summed E-state index contributed by atoms with van der Waals surface area (Å²) in [5, 5.41) is 5.97. The molecule has 0 saturated carbocycles. The zero-order valence-electron chi connectivity index (χ0n) is 14.6. The Balaban J connectivity index is -0.00000242. The Morgan fingerprint density at radius 3 is 2.78 bits per heavy atom. The van der Waals surface area contributed by atoms with Gasteiger partial charge in [0.15, 0.2) is 0 Å². The van der Waals surface area contributed by atoms with Crippen LogP contribution in [0.2, 0.25) is 0 Å². The maximum Gasteiger partial charge on any atom is 0.246 e. The van der Waals surface area contributed by atoms with Gasteiger partial charge in [-0.05, 0) is 13.5 Å². The fourth-order valence-corrected chi connectivity index (χ4v) is 3.30. The van der Waals surface area contributed by atoms with E-state index in [1.807, 2.05) is 20.8 Å². The zero-order chi connectivity index (χ0) is 17.3. The van der Waals surface area contributed by atoms with E-state index in [1.54, 1.807) is 21.6 Å². The van der Waals surface area contributed by atoms with Gasteiger partial charge in [0.2, 0.25) is 5.91 Å². The predicted molar refractivity (Wildman–Crippen MR) is 105 cm³/mol. The summed E-state index contributed by atoms with van der Waals surface area (Å²) in [6.45, 7) is 11.5. The highest BCUT2D eigenvalue weighted by Gasteiger charge is 2.04. The standard InChI is InChI=1S/C16H30N2O3S2.2H2/c1-5-17-9-12-22-23-15(4)21-11-10-20-13-16(19)18-8-6-7-14(2)3;;/h14-15,17H,5,8-13H2,1-4H3,(H,18,19);2*1H. The summed E-state index contributed by atoms with van der Waals surface area (Å²) in [6, 6.07) is 0. The lowest BCUT2D eigenvalue weighted by molar-refractivity contribution is -0.126. The van der Waals surface area contributed by atoms with E-state index in [9.17, 15) is 4.79 Å². The second kappa shape index (κ2) is 16.5. The van der Waals surface area contributed by atoms with Crippen LogP contribution in [0.3, 0.4) is 0 Å². The predicted octanol–water partition coefficient (Wildman–Crippen LogP) is 2.62. The quantitative estimate of drug-likeness (QED) is 0.226. The van der Waals surface area contributed by atoms with Crippen LogP contribution < -0.4 is 10.6 Å². The number of ether oxygens (including phenoxy) is 2. The second-order valence-electron chi connectivity index (χ2n) is 5.02. The molecule has 0 aliphatic carbocycles. The summed E-state index contributed by atoms with van der Waals surface area (Å²) in [5.74, 6) is 7.11. The lowest BCUT2D eigenvalue weighted by atomic mass is 10.2. The van der Waals surface area contributed by atoms with Gasteiger partial charge in [0.1, 0.15) is 12.0 Å². The number of rotatable bonds is 13. The van der Waals surface area contributed by atoms with Crippen LogP contribution in [0.1, 0.15) is 30.5 Å². The van der Waals surface area contributed by atoms with Crippen molar-refractivity contribution in [3.63, 3.8) is 0 Å². The number of hydrogen-bond acceptors (Lipinski definition) is 6. The highest BCUT2D eigenvalue weighted by molar-refractivity contribution is 8.76. The van der Waals surface area contributed by atoms with Gasteiger partial charge in [-0.15, -0.1) is 0 Å². The third-order valence-electron chi connectivity index (χ3n) is 2.39. The summed E-state index contributed by atoms with van der Waals surface area (Å²) in [4.78, 5) is 11.5. The number of hydrogen-bond donors (Lipinski definition) is 2. The van der Waals surface area contributed by atoms with Crippen molar-refractivity contribution in [2.24, 2.45) is 5.92 Å². The number of nitrogens with one attached hydrogen (secondary N) is 2. The highest BCUT2D eigenvalue weighted by atomic mass is 33.1. The molecule has 0 aromatic heterocycles. The molecular formula is C16H34N2O3S2. The molecule has 0 aliphatic heterocycles. The van der Waals surface area contributed by atoms with Crippen molar-refractivity contribution in [3.05, 3.63) is 0 Å². The summed E-state index contributed by atoms with van der Waals surface area (Å²) in [7, 11) is 3.51. The Bertz CT molecular complexity index is 367. The first-order valence-electron chi connectivity index (χ1n) is 7.99. The topological polar surface area (TPSA) is 59.6 Å². The maximum absolute atomic E-state index is 11.5. The fourth-order valence-electron chi connectivity index (χ4n) is 1.35. The summed E-state index contributed by atoms with van der Waals surface area (Å²) in [5.41, 5.74) is 0.116. The van der Waals surface area contributed by atoms with Gasteiger partial charge in [-0.25, -0.2) is 0 Å². The van der Waals surface area contributed by atoms with Crippen molar-refractivity contribution in [1.29, 1.82) is 0 Å². The van der Waals surface area contributed by atoms with E-state index < -0.39 is 0 Å². The van der Waals surface area contributed by atoms with E-state index in [4.69, 9.17) is 9.47 Å². The van der Waals surface area contributed by atoms with Crippen molar-refractivity contribution in [3.8, 4) is 11.8 Å². The van der Waals surface area contributed by atoms with Crippen molar-refractivity contribution in [2.75, 3.05) is 45.2 Å². The summed E-state index contributed by atoms with van der Waals surface area (Å²) in [6.07, 6.45) is 0. The number of carbonyl (C=O) groups is 1. The molecule has 138 valence electrons. The molecule has 0 rings (SSSR count). The first kappa shape index (κ1) is 22.6. The van der Waals surface area contributed by atoms with Crippen LogP contribution in [-0.2, 0) is 14.3 Å². The van der Waals surface area contributed by atoms with Crippen LogP contribution in [0.5, 0.6) is 0 Å². The minimum atomic E-state index is -0.149. The van der Waals surface area contributed by atoms with Gasteiger partial charge in [0.25, 0.3) is 0 Å². The molecule has 0 aliphatic rings. The van der Waals surface area contributed by atoms with E-state index in [0.717, 1.165) is 18.8 Å². The highest BCUT2D eigenvalue weighted by Crippen LogP contribution is 2.26. The monoisotopic (exact) mass is 366 g/mol. The number of carbonyl (C=O) groups excluding carboxylic acids is 1. The first-order chi connectivity index (χ1) is 11.1. The molecule has 2 N–H and O–H groups in total. The lowest BCUT2D eigenvalue weighted by Crippen LogP contribution is -2.28. The largest absolute Gasteiger partial charge is 0.369 e. The van der Waals surface area contributed by atoms with Gasteiger partial charge < -0.3 is 20.1 Å². The molecule has 0 aromatic carbocycles. The summed E-state index contributed by atoms with van der Waals surface area (Å²) >= 11 is 0. The second-order valence-corrected chi connectivity index (χ2v) is 7.80. The molecule has 0 spiro atoms. The molecular weight excluding hydrogens is 332 g/mol. The Morgan fingerprint density at radius 2 is 2.09 bits per heavy atom. The van der Waals surface area contributed by atoms with E-state index in [2.05, 4.69) is 29.4 Å². The third-order valence-corrected chi connectivity index (χ3v) is 5.03. The molecule has 7 heteroatoms. The summed E-state index contributed by atoms with van der Waals surface area (Å²) < 4.78 is 10.9. The minimum Gasteiger partial charge on any atom is -0.369 e. The molecule has 0 bridgehead atoms. The van der Waals surface area contributed by atoms with E-state index in [-0.39, 0.29) is 20.8 Å². The van der Waals surface area contributed by atoms with Crippen LogP contribution in [0.25, 0.3) is 0 Å². The molecule has 1 unspecified atom stereocenters. The molecule has 0 radical (unpaired) electrons. The average Bonchev–Trinajstić information content (AvgIpc) is 2.51. The van der Waals surface area contributed by atoms with Gasteiger partial charge in [-0.1, -0.05) is 54.2 Å². The molecule has 23 heavy (non-hydrogen) atoms. The Morgan fingerprint density at radius 1 is 1.30 bits per heavy atom. The van der Waals surface area contributed by atoms with Crippen LogP contribution in [0.15, 0.2) is 0 Å². The molecule has 0 aromatic rings. The van der Waals surface area contributed by atoms with Crippen molar-refractivity contribution in [2.45, 2.75) is 33.1 Å². The van der Waals surface area contributed by atoms with Gasteiger partial charge >= 0.3 is 0 Å². The Hall–Kier alpha value is -0.390. The van der Waals surface area contributed by atoms with Gasteiger partial charge in [-0.2, -0.15) is 0 Å². The van der Waals surface area contributed by atoms with Gasteiger partial charge in [0.05, 0.1) is 19.8 Å². The molecule has 0 saturated heterocycles. The zero-order valence-corrected chi connectivity index (χ0v) is 16.3. The lowest BCUT2D eigenvalue weighted by Gasteiger charge is -2.12. The van der Waals surface area contributed by atoms with E-state index in [0.29, 0.717) is 25.7 Å². The minimum absolute atomic E-state index is 0. The van der Waals surface area contributed by atoms with Crippen LogP contribution >= 0.6 is 21.6 Å². The first-order valence-corrected chi connectivity index (χ1v) is 10.4. The third kappa shape index (κ3) is 17.8. The normalized spacial score (nSPS) is 11.9. The SMILES string of the molecule is CCNCCSSC(C)OCCOCC(=O)NCC#CC(C)C.[HH].[HH]. The van der Waals surface area contributed by atoms with Crippen molar-refractivity contribution < 1.29 is 17.1 Å². The molecule has 0 fully saturated rings. The van der Waals surface area contributed by atoms with Crippen LogP contribution in [0.4, 0.5) is 0 Å². The fraction of sp³-hybridized carbons (Fsp3) is 0.812. The van der Waals surface area contributed by atoms with Gasteiger partial charge in [-0.3, -0.25) is 4.79 Å². The van der Waals surface area contributed by atoms with E-state index >= 15 is 0 Å². The van der Waals surface area contributed by atoms with Crippen molar-refractivity contribution >= 4 is 27.5 Å². The Labute approximate surface area is 151 Å². The molecule has 0 heterocycles. The molecule has 5 nitrogen and oxygen atoms in total. The average molecular weight is 367 g/mol. The maximum atomic E-state index is 11.5. The Kier molecular flexibility index (Phi) is 16.2. The molecule has 1 atom stereocenters.